The van der Waals surface area contributed by atoms with Gasteiger partial charge in [-0.15, -0.1) is 0 Å². The SMILES string of the molecule is Cc1cc2c3c4ccccc4n(-c4ccccc4)c3c3ccccc3n2n1. The number of pyridine rings is 1. The van der Waals surface area contributed by atoms with E-state index in [1.165, 1.54) is 32.9 Å². The summed E-state index contributed by atoms with van der Waals surface area (Å²) >= 11 is 0. The molecule has 0 atom stereocenters. The van der Waals surface area contributed by atoms with Crippen molar-refractivity contribution in [2.45, 2.75) is 6.92 Å². The highest BCUT2D eigenvalue weighted by atomic mass is 15.2. The molecule has 3 heteroatoms. The summed E-state index contributed by atoms with van der Waals surface area (Å²) in [6.45, 7) is 2.06. The maximum absolute atomic E-state index is 4.79. The van der Waals surface area contributed by atoms with Gasteiger partial charge in [-0.25, -0.2) is 4.52 Å². The molecule has 0 aliphatic carbocycles. The van der Waals surface area contributed by atoms with E-state index in [4.69, 9.17) is 5.10 Å². The number of nitrogens with zero attached hydrogens (tertiary/aromatic N) is 3. The number of aromatic nitrogens is 3. The first-order chi connectivity index (χ1) is 13.3. The van der Waals surface area contributed by atoms with E-state index >= 15 is 0 Å². The Morgan fingerprint density at radius 2 is 1.33 bits per heavy atom. The summed E-state index contributed by atoms with van der Waals surface area (Å²) in [5.74, 6) is 0. The fraction of sp³-hybridized carbons (Fsp3) is 0.0417. The maximum atomic E-state index is 4.79. The fourth-order valence-corrected chi connectivity index (χ4v) is 4.32. The lowest BCUT2D eigenvalue weighted by atomic mass is 10.1. The molecule has 3 aromatic heterocycles. The molecular formula is C24H17N3. The van der Waals surface area contributed by atoms with Gasteiger partial charge in [0.05, 0.1) is 27.8 Å². The van der Waals surface area contributed by atoms with Crippen molar-refractivity contribution in [1.82, 2.24) is 14.2 Å². The molecule has 0 aliphatic heterocycles. The summed E-state index contributed by atoms with van der Waals surface area (Å²) in [7, 11) is 0. The minimum Gasteiger partial charge on any atom is -0.308 e. The average molecular weight is 347 g/mol. The Hall–Kier alpha value is -3.59. The van der Waals surface area contributed by atoms with Gasteiger partial charge in [-0.05, 0) is 37.3 Å². The smallest absolute Gasteiger partial charge is 0.0772 e. The normalized spacial score (nSPS) is 11.9. The third kappa shape index (κ3) is 1.88. The van der Waals surface area contributed by atoms with Gasteiger partial charge in [-0.1, -0.05) is 54.6 Å². The number of para-hydroxylation sites is 3. The van der Waals surface area contributed by atoms with Crippen LogP contribution >= 0.6 is 0 Å². The van der Waals surface area contributed by atoms with Gasteiger partial charge in [-0.3, -0.25) is 0 Å². The third-order valence-electron chi connectivity index (χ3n) is 5.36. The van der Waals surface area contributed by atoms with E-state index in [-0.39, 0.29) is 0 Å². The van der Waals surface area contributed by atoms with Crippen LogP contribution < -0.4 is 0 Å². The van der Waals surface area contributed by atoms with Crippen molar-refractivity contribution >= 4 is 38.2 Å². The van der Waals surface area contributed by atoms with Crippen molar-refractivity contribution in [2.24, 2.45) is 0 Å². The van der Waals surface area contributed by atoms with Gasteiger partial charge in [-0.2, -0.15) is 5.10 Å². The molecule has 3 nitrogen and oxygen atoms in total. The fourth-order valence-electron chi connectivity index (χ4n) is 4.32. The Labute approximate surface area is 156 Å². The first kappa shape index (κ1) is 14.6. The third-order valence-corrected chi connectivity index (χ3v) is 5.36. The first-order valence-corrected chi connectivity index (χ1v) is 9.18. The second-order valence-electron chi connectivity index (χ2n) is 7.01. The summed E-state index contributed by atoms with van der Waals surface area (Å²) in [6, 6.07) is 30.0. The molecule has 0 saturated heterocycles. The van der Waals surface area contributed by atoms with Crippen LogP contribution in [-0.2, 0) is 0 Å². The molecule has 6 aromatic rings. The highest BCUT2D eigenvalue weighted by Crippen LogP contribution is 2.39. The second kappa shape index (κ2) is 5.21. The topological polar surface area (TPSA) is 22.2 Å². The first-order valence-electron chi connectivity index (χ1n) is 9.18. The van der Waals surface area contributed by atoms with E-state index in [1.54, 1.807) is 0 Å². The van der Waals surface area contributed by atoms with Crippen LogP contribution in [0.1, 0.15) is 5.69 Å². The highest BCUT2D eigenvalue weighted by Gasteiger charge is 2.19. The number of benzene rings is 3. The largest absolute Gasteiger partial charge is 0.308 e. The molecular weight excluding hydrogens is 330 g/mol. The molecule has 0 fully saturated rings. The number of rotatable bonds is 1. The molecule has 0 N–H and O–H groups in total. The summed E-state index contributed by atoms with van der Waals surface area (Å²) in [5, 5.41) is 8.51. The van der Waals surface area contributed by atoms with Crippen molar-refractivity contribution in [3.05, 3.63) is 90.6 Å². The minimum atomic E-state index is 1.03. The average Bonchev–Trinajstić information content (AvgIpc) is 3.27. The quantitative estimate of drug-likeness (QED) is 0.363. The monoisotopic (exact) mass is 347 g/mol. The lowest BCUT2D eigenvalue weighted by molar-refractivity contribution is 0.974. The Morgan fingerprint density at radius 1 is 0.667 bits per heavy atom. The Balaban J connectivity index is 2.01. The second-order valence-corrected chi connectivity index (χ2v) is 7.01. The molecule has 0 spiro atoms. The zero-order chi connectivity index (χ0) is 18.0. The van der Waals surface area contributed by atoms with E-state index in [0.717, 1.165) is 16.7 Å². The minimum absolute atomic E-state index is 1.03. The van der Waals surface area contributed by atoms with E-state index < -0.39 is 0 Å². The number of hydrogen-bond donors (Lipinski definition) is 0. The van der Waals surface area contributed by atoms with Crippen LogP contribution in [0.4, 0.5) is 0 Å². The van der Waals surface area contributed by atoms with E-state index in [9.17, 15) is 0 Å². The molecule has 6 rings (SSSR count). The molecule has 3 heterocycles. The maximum Gasteiger partial charge on any atom is 0.0772 e. The van der Waals surface area contributed by atoms with Crippen molar-refractivity contribution in [3.8, 4) is 5.69 Å². The lowest BCUT2D eigenvalue weighted by Crippen LogP contribution is -1.97. The standard InChI is InChI=1S/C24H17N3/c1-16-15-22-23-18-11-5-7-13-20(18)26(17-9-3-2-4-10-17)24(23)19-12-6-8-14-21(19)27(22)25-16/h2-15H,1H3. The van der Waals surface area contributed by atoms with Gasteiger partial charge in [0.15, 0.2) is 0 Å². The van der Waals surface area contributed by atoms with Crippen LogP contribution in [0.5, 0.6) is 0 Å². The Bertz CT molecular complexity index is 1470. The van der Waals surface area contributed by atoms with Crippen molar-refractivity contribution < 1.29 is 0 Å². The van der Waals surface area contributed by atoms with Crippen LogP contribution in [0.3, 0.4) is 0 Å². The molecule has 0 aliphatic rings. The lowest BCUT2D eigenvalue weighted by Gasteiger charge is -2.10. The van der Waals surface area contributed by atoms with Crippen LogP contribution in [0.15, 0.2) is 84.9 Å². The molecule has 0 radical (unpaired) electrons. The number of fused-ring (bicyclic) bond motifs is 8. The highest BCUT2D eigenvalue weighted by molar-refractivity contribution is 6.23. The zero-order valence-electron chi connectivity index (χ0n) is 14.9. The summed E-state index contributed by atoms with van der Waals surface area (Å²) in [4.78, 5) is 0. The molecule has 0 saturated carbocycles. The Morgan fingerprint density at radius 3 is 2.15 bits per heavy atom. The summed E-state index contributed by atoms with van der Waals surface area (Å²) in [6.07, 6.45) is 0. The van der Waals surface area contributed by atoms with E-state index in [2.05, 4.69) is 101 Å². The number of hydrogen-bond acceptors (Lipinski definition) is 1. The van der Waals surface area contributed by atoms with Gasteiger partial charge < -0.3 is 4.57 Å². The zero-order valence-corrected chi connectivity index (χ0v) is 14.9. The van der Waals surface area contributed by atoms with Gasteiger partial charge in [0, 0.05) is 21.8 Å². The van der Waals surface area contributed by atoms with Gasteiger partial charge in [0.25, 0.3) is 0 Å². The van der Waals surface area contributed by atoms with Crippen LogP contribution in [0.25, 0.3) is 43.9 Å². The molecule has 27 heavy (non-hydrogen) atoms. The van der Waals surface area contributed by atoms with Gasteiger partial charge in [0.2, 0.25) is 0 Å². The van der Waals surface area contributed by atoms with Crippen molar-refractivity contribution in [3.63, 3.8) is 0 Å². The summed E-state index contributed by atoms with van der Waals surface area (Å²) < 4.78 is 4.48. The Kier molecular flexibility index (Phi) is 2.81. The molecule has 0 bridgehead atoms. The molecule has 0 amide bonds. The van der Waals surface area contributed by atoms with Crippen LogP contribution in [0.2, 0.25) is 0 Å². The molecule has 3 aromatic carbocycles. The number of aryl methyl sites for hydroxylation is 1. The molecule has 128 valence electrons. The van der Waals surface area contributed by atoms with E-state index in [1.807, 2.05) is 0 Å². The predicted octanol–water partition coefficient (Wildman–Crippen LogP) is 5.89. The van der Waals surface area contributed by atoms with Crippen LogP contribution in [-0.4, -0.2) is 14.2 Å². The van der Waals surface area contributed by atoms with Gasteiger partial charge in [0.1, 0.15) is 0 Å². The predicted molar refractivity (Wildman–Crippen MR) is 112 cm³/mol. The summed E-state index contributed by atoms with van der Waals surface area (Å²) in [5.41, 5.74) is 6.96. The van der Waals surface area contributed by atoms with Crippen LogP contribution in [0, 0.1) is 6.92 Å². The molecule has 0 unspecified atom stereocenters. The van der Waals surface area contributed by atoms with Gasteiger partial charge >= 0.3 is 0 Å². The van der Waals surface area contributed by atoms with E-state index in [0.29, 0.717) is 0 Å². The van der Waals surface area contributed by atoms with Crippen molar-refractivity contribution in [2.75, 3.05) is 0 Å². The van der Waals surface area contributed by atoms with Crippen molar-refractivity contribution in [1.29, 1.82) is 0 Å².